The lowest BCUT2D eigenvalue weighted by molar-refractivity contribution is -0.139. The molecule has 0 fully saturated rings. The molecule has 0 unspecified atom stereocenters. The lowest BCUT2D eigenvalue weighted by Gasteiger charge is -2.07. The highest BCUT2D eigenvalue weighted by Crippen LogP contribution is 2.37. The standard InChI is InChI=1S/C8H5Br4NO2/c1-15-4(14)2-3-5(9)6(10)7(11)8(12)13-3/h2H2,1H3. The zero-order valence-electron chi connectivity index (χ0n) is 7.48. The summed E-state index contributed by atoms with van der Waals surface area (Å²) in [6, 6.07) is 0. The average Bonchev–Trinajstić information content (AvgIpc) is 2.22. The topological polar surface area (TPSA) is 39.2 Å². The number of methoxy groups -OCH3 is 1. The lowest BCUT2D eigenvalue weighted by Crippen LogP contribution is -2.07. The van der Waals surface area contributed by atoms with Crippen LogP contribution >= 0.6 is 63.7 Å². The van der Waals surface area contributed by atoms with Crippen LogP contribution in [0.5, 0.6) is 0 Å². The third kappa shape index (κ3) is 3.25. The maximum absolute atomic E-state index is 11.1. The summed E-state index contributed by atoms with van der Waals surface area (Å²) < 4.78 is 7.55. The molecule has 0 saturated heterocycles. The largest absolute Gasteiger partial charge is 0.469 e. The number of carbonyl (C=O) groups excluding carboxylic acids is 1. The van der Waals surface area contributed by atoms with Gasteiger partial charge in [0.05, 0.1) is 32.6 Å². The Hall–Kier alpha value is 0.540. The molecule has 0 atom stereocenters. The van der Waals surface area contributed by atoms with Crippen molar-refractivity contribution in [3.05, 3.63) is 23.7 Å². The van der Waals surface area contributed by atoms with Crippen molar-refractivity contribution in [1.82, 2.24) is 4.98 Å². The number of aromatic nitrogens is 1. The number of hydrogen-bond donors (Lipinski definition) is 0. The van der Waals surface area contributed by atoms with Crippen LogP contribution in [0.2, 0.25) is 0 Å². The summed E-state index contributed by atoms with van der Waals surface area (Å²) in [7, 11) is 1.35. The number of nitrogens with zero attached hydrogens (tertiary/aromatic N) is 1. The molecule has 0 spiro atoms. The van der Waals surface area contributed by atoms with Crippen LogP contribution in [0.25, 0.3) is 0 Å². The van der Waals surface area contributed by atoms with Crippen LogP contribution in [0.3, 0.4) is 0 Å². The van der Waals surface area contributed by atoms with Gasteiger partial charge in [0, 0.05) is 0 Å². The zero-order valence-corrected chi connectivity index (χ0v) is 13.8. The Kier molecular flexibility index (Phi) is 5.21. The average molecular weight is 467 g/mol. The first-order valence-corrected chi connectivity index (χ1v) is 6.90. The molecule has 0 N–H and O–H groups in total. The highest BCUT2D eigenvalue weighted by molar-refractivity contribution is 9.15. The minimum atomic E-state index is -0.329. The van der Waals surface area contributed by atoms with Crippen LogP contribution in [0.4, 0.5) is 0 Å². The van der Waals surface area contributed by atoms with Crippen LogP contribution in [0, 0.1) is 0 Å². The second-order valence-electron chi connectivity index (χ2n) is 2.54. The van der Waals surface area contributed by atoms with Gasteiger partial charge in [0.25, 0.3) is 0 Å². The van der Waals surface area contributed by atoms with Gasteiger partial charge in [0.15, 0.2) is 0 Å². The van der Waals surface area contributed by atoms with Crippen molar-refractivity contribution in [3.63, 3.8) is 0 Å². The first-order chi connectivity index (χ1) is 6.97. The van der Waals surface area contributed by atoms with Crippen molar-refractivity contribution in [2.75, 3.05) is 7.11 Å². The van der Waals surface area contributed by atoms with E-state index in [4.69, 9.17) is 0 Å². The van der Waals surface area contributed by atoms with E-state index in [1.54, 1.807) is 0 Å². The molecule has 15 heavy (non-hydrogen) atoms. The number of hydrogen-bond acceptors (Lipinski definition) is 3. The number of pyridine rings is 1. The molecule has 0 amide bonds. The summed E-state index contributed by atoms with van der Waals surface area (Å²) in [5.41, 5.74) is 0.615. The maximum Gasteiger partial charge on any atom is 0.311 e. The van der Waals surface area contributed by atoms with E-state index >= 15 is 0 Å². The van der Waals surface area contributed by atoms with E-state index in [2.05, 4.69) is 73.4 Å². The number of carbonyl (C=O) groups is 1. The molecule has 0 aliphatic rings. The van der Waals surface area contributed by atoms with Crippen LogP contribution in [0.1, 0.15) is 5.69 Å². The van der Waals surface area contributed by atoms with Crippen molar-refractivity contribution in [2.45, 2.75) is 6.42 Å². The van der Waals surface area contributed by atoms with Crippen molar-refractivity contribution in [1.29, 1.82) is 0 Å². The van der Waals surface area contributed by atoms with Crippen molar-refractivity contribution < 1.29 is 9.53 Å². The Balaban J connectivity index is 3.15. The summed E-state index contributed by atoms with van der Waals surface area (Å²) in [5.74, 6) is -0.329. The quantitative estimate of drug-likeness (QED) is 0.491. The molecule has 0 saturated carbocycles. The molecular weight excluding hydrogens is 462 g/mol. The van der Waals surface area contributed by atoms with E-state index in [0.29, 0.717) is 10.3 Å². The van der Waals surface area contributed by atoms with E-state index in [-0.39, 0.29) is 12.4 Å². The first kappa shape index (κ1) is 13.6. The van der Waals surface area contributed by atoms with Crippen molar-refractivity contribution in [2.24, 2.45) is 0 Å². The van der Waals surface area contributed by atoms with E-state index in [9.17, 15) is 4.79 Å². The molecular formula is C8H5Br4NO2. The molecule has 1 rings (SSSR count). The molecule has 0 bridgehead atoms. The van der Waals surface area contributed by atoms with Gasteiger partial charge in [-0.1, -0.05) is 0 Å². The van der Waals surface area contributed by atoms with Gasteiger partial charge in [0.1, 0.15) is 4.60 Å². The van der Waals surface area contributed by atoms with E-state index in [0.717, 1.165) is 13.4 Å². The second kappa shape index (κ2) is 5.75. The molecule has 3 nitrogen and oxygen atoms in total. The van der Waals surface area contributed by atoms with Gasteiger partial charge in [-0.3, -0.25) is 4.79 Å². The lowest BCUT2D eigenvalue weighted by atomic mass is 10.3. The Morgan fingerprint density at radius 1 is 1.20 bits per heavy atom. The molecule has 1 aromatic heterocycles. The second-order valence-corrected chi connectivity index (χ2v) is 5.67. The Bertz CT molecular complexity index is 408. The third-order valence-electron chi connectivity index (χ3n) is 1.59. The smallest absolute Gasteiger partial charge is 0.311 e. The highest BCUT2D eigenvalue weighted by Gasteiger charge is 2.15. The molecule has 1 aromatic rings. The number of esters is 1. The van der Waals surface area contributed by atoms with Gasteiger partial charge in [-0.25, -0.2) is 4.98 Å². The Morgan fingerprint density at radius 2 is 1.80 bits per heavy atom. The molecule has 0 aliphatic carbocycles. The molecule has 0 aromatic carbocycles. The third-order valence-corrected chi connectivity index (χ3v) is 6.18. The van der Waals surface area contributed by atoms with Crippen LogP contribution < -0.4 is 0 Å². The Labute approximate surface area is 120 Å². The predicted octanol–water partition coefficient (Wildman–Crippen LogP) is 3.85. The fourth-order valence-corrected chi connectivity index (χ4v) is 2.93. The summed E-state index contributed by atoms with van der Waals surface area (Å²) in [6.45, 7) is 0. The van der Waals surface area contributed by atoms with Crippen molar-refractivity contribution in [3.8, 4) is 0 Å². The van der Waals surface area contributed by atoms with Gasteiger partial charge in [-0.2, -0.15) is 0 Å². The van der Waals surface area contributed by atoms with Gasteiger partial charge in [0.2, 0.25) is 0 Å². The highest BCUT2D eigenvalue weighted by atomic mass is 79.9. The van der Waals surface area contributed by atoms with Crippen LogP contribution in [-0.2, 0) is 16.0 Å². The van der Waals surface area contributed by atoms with Crippen LogP contribution in [0.15, 0.2) is 18.0 Å². The minimum absolute atomic E-state index is 0.127. The van der Waals surface area contributed by atoms with Crippen LogP contribution in [-0.4, -0.2) is 18.1 Å². The van der Waals surface area contributed by atoms with Gasteiger partial charge < -0.3 is 4.74 Å². The molecule has 7 heteroatoms. The van der Waals surface area contributed by atoms with Gasteiger partial charge >= 0.3 is 5.97 Å². The number of ether oxygens (including phenoxy) is 1. The predicted molar refractivity (Wildman–Crippen MR) is 70.8 cm³/mol. The fraction of sp³-hybridized carbons (Fsp3) is 0.250. The van der Waals surface area contributed by atoms with E-state index < -0.39 is 0 Å². The normalized spacial score (nSPS) is 10.2. The minimum Gasteiger partial charge on any atom is -0.469 e. The van der Waals surface area contributed by atoms with Crippen molar-refractivity contribution >= 4 is 69.7 Å². The monoisotopic (exact) mass is 463 g/mol. The zero-order chi connectivity index (χ0) is 11.6. The maximum atomic E-state index is 11.1. The molecule has 1 heterocycles. The first-order valence-electron chi connectivity index (χ1n) is 3.73. The number of rotatable bonds is 2. The fourth-order valence-electron chi connectivity index (χ4n) is 0.856. The number of halogens is 4. The molecule has 0 aliphatic heterocycles. The van der Waals surface area contributed by atoms with Gasteiger partial charge in [-0.05, 0) is 63.7 Å². The summed E-state index contributed by atoms with van der Waals surface area (Å²) in [4.78, 5) is 15.3. The van der Waals surface area contributed by atoms with E-state index in [1.807, 2.05) is 0 Å². The summed E-state index contributed by atoms with van der Waals surface area (Å²) >= 11 is 13.4. The molecule has 0 radical (unpaired) electrons. The SMILES string of the molecule is COC(=O)Cc1nc(Br)c(Br)c(Br)c1Br. The van der Waals surface area contributed by atoms with Gasteiger partial charge in [-0.15, -0.1) is 0 Å². The summed E-state index contributed by atoms with van der Waals surface area (Å²) in [5, 5.41) is 0. The summed E-state index contributed by atoms with van der Waals surface area (Å²) in [6.07, 6.45) is 0.127. The van der Waals surface area contributed by atoms with E-state index in [1.165, 1.54) is 7.11 Å². The Morgan fingerprint density at radius 3 is 2.33 bits per heavy atom. The molecule has 82 valence electrons.